The molecule has 2 aliphatic heterocycles. The summed E-state index contributed by atoms with van der Waals surface area (Å²) >= 11 is 5.60. The van der Waals surface area contributed by atoms with Crippen LogP contribution in [0.3, 0.4) is 0 Å². The number of thiocarbonyl (C=S) groups is 1. The second-order valence-corrected chi connectivity index (χ2v) is 7.26. The Labute approximate surface area is 165 Å². The summed E-state index contributed by atoms with van der Waals surface area (Å²) in [5.74, 6) is 0. The molecule has 140 valence electrons. The van der Waals surface area contributed by atoms with Crippen LogP contribution in [-0.2, 0) is 0 Å². The van der Waals surface area contributed by atoms with Gasteiger partial charge in [0.25, 0.3) is 0 Å². The number of piperazine rings is 1. The molecule has 27 heavy (non-hydrogen) atoms. The van der Waals surface area contributed by atoms with Gasteiger partial charge in [-0.3, -0.25) is 10.4 Å². The zero-order valence-corrected chi connectivity index (χ0v) is 16.2. The minimum atomic E-state index is 0.384. The number of hydrazone groups is 1. The molecule has 1 unspecified atom stereocenters. The van der Waals surface area contributed by atoms with Gasteiger partial charge in [-0.15, -0.1) is 0 Å². The molecule has 3 heterocycles. The molecule has 2 N–H and O–H groups in total. The summed E-state index contributed by atoms with van der Waals surface area (Å²) in [5, 5.41) is 8.60. The molecule has 1 aromatic carbocycles. The van der Waals surface area contributed by atoms with E-state index in [9.17, 15) is 0 Å². The van der Waals surface area contributed by atoms with Crippen LogP contribution < -0.4 is 15.6 Å². The Balaban J connectivity index is 1.39. The third kappa shape index (κ3) is 3.88. The first-order valence-electron chi connectivity index (χ1n) is 9.35. The van der Waals surface area contributed by atoms with Crippen molar-refractivity contribution in [3.8, 4) is 0 Å². The lowest BCUT2D eigenvalue weighted by atomic mass is 10.1. The number of benzene rings is 1. The van der Waals surface area contributed by atoms with E-state index in [1.807, 2.05) is 12.1 Å². The van der Waals surface area contributed by atoms with Gasteiger partial charge in [0.05, 0.1) is 11.4 Å². The molecule has 2 aromatic rings. The van der Waals surface area contributed by atoms with Crippen molar-refractivity contribution in [3.05, 3.63) is 54.4 Å². The highest BCUT2D eigenvalue weighted by molar-refractivity contribution is 7.80. The Kier molecular flexibility index (Phi) is 5.20. The van der Waals surface area contributed by atoms with Gasteiger partial charge in [-0.25, -0.2) is 0 Å². The summed E-state index contributed by atoms with van der Waals surface area (Å²) in [6, 6.07) is 14.9. The molecule has 1 saturated heterocycles. The van der Waals surface area contributed by atoms with Crippen LogP contribution in [0, 0.1) is 0 Å². The van der Waals surface area contributed by atoms with E-state index in [1.54, 1.807) is 6.20 Å². The first kappa shape index (κ1) is 17.7. The molecule has 0 spiro atoms. The smallest absolute Gasteiger partial charge is 0.189 e. The zero-order chi connectivity index (χ0) is 18.6. The molecule has 6 nitrogen and oxygen atoms in total. The van der Waals surface area contributed by atoms with Gasteiger partial charge in [0.15, 0.2) is 5.11 Å². The van der Waals surface area contributed by atoms with Crippen LogP contribution in [0.25, 0.3) is 0 Å². The minimum Gasteiger partial charge on any atom is -0.383 e. The van der Waals surface area contributed by atoms with Crippen LogP contribution in [0.1, 0.15) is 19.0 Å². The number of nitrogens with zero attached hydrogens (tertiary/aromatic N) is 4. The lowest BCUT2D eigenvalue weighted by molar-refractivity contribution is 0.334. The molecule has 7 heteroatoms. The van der Waals surface area contributed by atoms with E-state index in [0.29, 0.717) is 11.2 Å². The summed E-state index contributed by atoms with van der Waals surface area (Å²) < 4.78 is 0. The van der Waals surface area contributed by atoms with E-state index in [2.05, 4.69) is 67.9 Å². The quantitative estimate of drug-likeness (QED) is 0.617. The number of pyridine rings is 1. The van der Waals surface area contributed by atoms with Crippen molar-refractivity contribution in [2.45, 2.75) is 19.4 Å². The molecule has 0 radical (unpaired) electrons. The Morgan fingerprint density at radius 2 is 2.07 bits per heavy atom. The van der Waals surface area contributed by atoms with Gasteiger partial charge >= 0.3 is 0 Å². The van der Waals surface area contributed by atoms with E-state index in [4.69, 9.17) is 12.2 Å². The Morgan fingerprint density at radius 3 is 2.89 bits per heavy atom. The largest absolute Gasteiger partial charge is 0.383 e. The summed E-state index contributed by atoms with van der Waals surface area (Å²) in [6.07, 6.45) is 2.63. The van der Waals surface area contributed by atoms with Crippen LogP contribution in [0.4, 0.5) is 11.4 Å². The van der Waals surface area contributed by atoms with E-state index < -0.39 is 0 Å². The Bertz CT molecular complexity index is 837. The molecule has 1 atom stereocenters. The first-order valence-corrected chi connectivity index (χ1v) is 9.75. The van der Waals surface area contributed by atoms with Crippen LogP contribution in [0.2, 0.25) is 0 Å². The molecular weight excluding hydrogens is 356 g/mol. The number of para-hydroxylation sites is 1. The van der Waals surface area contributed by atoms with Crippen molar-refractivity contribution in [2.24, 2.45) is 5.10 Å². The van der Waals surface area contributed by atoms with E-state index in [0.717, 1.165) is 49.7 Å². The fourth-order valence-electron chi connectivity index (χ4n) is 3.65. The van der Waals surface area contributed by atoms with Crippen molar-refractivity contribution in [1.82, 2.24) is 15.3 Å². The van der Waals surface area contributed by atoms with E-state index in [-0.39, 0.29) is 0 Å². The molecule has 0 bridgehead atoms. The first-order chi connectivity index (χ1) is 13.2. The molecule has 0 aliphatic carbocycles. The van der Waals surface area contributed by atoms with Gasteiger partial charge in [0.2, 0.25) is 0 Å². The maximum absolute atomic E-state index is 5.60. The van der Waals surface area contributed by atoms with Gasteiger partial charge < -0.3 is 15.1 Å². The van der Waals surface area contributed by atoms with E-state index in [1.165, 1.54) is 5.69 Å². The number of hydrogen-bond acceptors (Lipinski definition) is 5. The molecule has 0 amide bonds. The van der Waals surface area contributed by atoms with Crippen molar-refractivity contribution >= 4 is 34.4 Å². The molecule has 0 saturated carbocycles. The topological polar surface area (TPSA) is 55.8 Å². The highest BCUT2D eigenvalue weighted by Gasteiger charge is 2.25. The number of anilines is 2. The Hall–Kier alpha value is -2.67. The van der Waals surface area contributed by atoms with Crippen molar-refractivity contribution in [3.63, 3.8) is 0 Å². The average molecular weight is 381 g/mol. The Morgan fingerprint density at radius 1 is 1.22 bits per heavy atom. The second-order valence-electron chi connectivity index (χ2n) is 6.88. The fraction of sp³-hybridized carbons (Fsp3) is 0.350. The third-order valence-corrected chi connectivity index (χ3v) is 5.40. The predicted octanol–water partition coefficient (Wildman–Crippen LogP) is 2.69. The van der Waals surface area contributed by atoms with Gasteiger partial charge in [-0.05, 0) is 43.4 Å². The molecule has 1 aromatic heterocycles. The van der Waals surface area contributed by atoms with Crippen LogP contribution in [0.5, 0.6) is 0 Å². The molecule has 4 rings (SSSR count). The van der Waals surface area contributed by atoms with E-state index >= 15 is 0 Å². The SMILES string of the molecule is CC1CN(C(=S)N/N=C2/CCNc3cccnc32)CCN1c1ccccc1. The third-order valence-electron chi connectivity index (χ3n) is 5.05. The molecule has 2 aliphatic rings. The predicted molar refractivity (Wildman–Crippen MR) is 114 cm³/mol. The van der Waals surface area contributed by atoms with Crippen LogP contribution >= 0.6 is 12.2 Å². The molecular formula is C20H24N6S. The van der Waals surface area contributed by atoms with Gasteiger partial charge in [0, 0.05) is 50.5 Å². The number of aromatic nitrogens is 1. The monoisotopic (exact) mass is 380 g/mol. The summed E-state index contributed by atoms with van der Waals surface area (Å²) in [7, 11) is 0. The number of nitrogens with one attached hydrogen (secondary N) is 2. The maximum atomic E-state index is 5.60. The lowest BCUT2D eigenvalue weighted by Crippen LogP contribution is -2.55. The number of hydrogen-bond donors (Lipinski definition) is 2. The van der Waals surface area contributed by atoms with Gasteiger partial charge in [-0.1, -0.05) is 18.2 Å². The number of fused-ring (bicyclic) bond motifs is 1. The van der Waals surface area contributed by atoms with Gasteiger partial charge in [0.1, 0.15) is 5.69 Å². The standard InChI is InChI=1S/C20H24N6S/c1-15-14-25(12-13-26(15)16-6-3-2-4-7-16)20(27)24-23-18-9-11-21-17-8-5-10-22-19(17)18/h2-8,10,15,21H,9,11-14H2,1H3,(H,24,27)/b23-18-. The number of rotatable bonds is 2. The summed E-state index contributed by atoms with van der Waals surface area (Å²) in [5.41, 5.74) is 7.24. The minimum absolute atomic E-state index is 0.384. The molecule has 1 fully saturated rings. The lowest BCUT2D eigenvalue weighted by Gasteiger charge is -2.42. The maximum Gasteiger partial charge on any atom is 0.189 e. The average Bonchev–Trinajstić information content (AvgIpc) is 2.72. The summed E-state index contributed by atoms with van der Waals surface area (Å²) in [4.78, 5) is 9.08. The fourth-order valence-corrected chi connectivity index (χ4v) is 3.86. The second kappa shape index (κ2) is 7.92. The highest BCUT2D eigenvalue weighted by Crippen LogP contribution is 2.21. The zero-order valence-electron chi connectivity index (χ0n) is 15.4. The van der Waals surface area contributed by atoms with Crippen LogP contribution in [-0.4, -0.2) is 52.9 Å². The van der Waals surface area contributed by atoms with Crippen molar-refractivity contribution in [2.75, 3.05) is 36.4 Å². The van der Waals surface area contributed by atoms with Crippen molar-refractivity contribution < 1.29 is 0 Å². The highest BCUT2D eigenvalue weighted by atomic mass is 32.1. The van der Waals surface area contributed by atoms with Crippen molar-refractivity contribution in [1.29, 1.82) is 0 Å². The summed E-state index contributed by atoms with van der Waals surface area (Å²) in [6.45, 7) is 5.80. The van der Waals surface area contributed by atoms with Gasteiger partial charge in [-0.2, -0.15) is 5.10 Å². The van der Waals surface area contributed by atoms with Crippen LogP contribution in [0.15, 0.2) is 53.8 Å². The normalized spacial score (nSPS) is 20.8.